The van der Waals surface area contributed by atoms with Crippen LogP contribution in [0.15, 0.2) is 41.5 Å². The highest BCUT2D eigenvalue weighted by Crippen LogP contribution is 2.26. The van der Waals surface area contributed by atoms with Crippen molar-refractivity contribution in [3.8, 4) is 0 Å². The molecule has 1 saturated carbocycles. The number of carbonyl (C=O) groups excluding carboxylic acids is 2. The van der Waals surface area contributed by atoms with E-state index in [1.54, 1.807) is 16.8 Å². The Bertz CT molecular complexity index is 1270. The van der Waals surface area contributed by atoms with Gasteiger partial charge in [-0.1, -0.05) is 30.6 Å². The quantitative estimate of drug-likeness (QED) is 0.363. The van der Waals surface area contributed by atoms with Gasteiger partial charge in [-0.2, -0.15) is 0 Å². The number of nitrogens with one attached hydrogen (secondary N) is 2. The molecule has 37 heavy (non-hydrogen) atoms. The van der Waals surface area contributed by atoms with E-state index in [0.29, 0.717) is 31.0 Å². The lowest BCUT2D eigenvalue weighted by Crippen LogP contribution is -2.23. The molecule has 0 atom stereocenters. The van der Waals surface area contributed by atoms with E-state index in [1.807, 2.05) is 0 Å². The van der Waals surface area contributed by atoms with Crippen molar-refractivity contribution in [1.82, 2.24) is 25.1 Å². The van der Waals surface area contributed by atoms with Gasteiger partial charge in [-0.3, -0.25) is 19.4 Å². The van der Waals surface area contributed by atoms with Gasteiger partial charge in [0.2, 0.25) is 10.9 Å². The lowest BCUT2D eigenvalue weighted by Gasteiger charge is -2.20. The highest BCUT2D eigenvalue weighted by molar-refractivity contribution is 7.13. The van der Waals surface area contributed by atoms with Crippen molar-refractivity contribution in [2.75, 3.05) is 5.32 Å². The second-order valence-electron chi connectivity index (χ2n) is 9.28. The van der Waals surface area contributed by atoms with E-state index in [9.17, 15) is 18.8 Å². The van der Waals surface area contributed by atoms with Crippen molar-refractivity contribution < 1.29 is 14.0 Å². The molecule has 4 rings (SSSR count). The van der Waals surface area contributed by atoms with Crippen molar-refractivity contribution in [1.29, 1.82) is 0 Å². The Labute approximate surface area is 218 Å². The molecule has 3 aromatic heterocycles. The Kier molecular flexibility index (Phi) is 9.47. The minimum Gasteiger partial charge on any atom is -0.344 e. The highest BCUT2D eigenvalue weighted by atomic mass is 32.1. The number of anilines is 1. The van der Waals surface area contributed by atoms with E-state index in [0.717, 1.165) is 30.7 Å². The lowest BCUT2D eigenvalue weighted by molar-refractivity contribution is -0.117. The number of carbonyl (C=O) groups is 2. The van der Waals surface area contributed by atoms with E-state index < -0.39 is 11.7 Å². The number of nitrogens with zero attached hydrogens (tertiary/aromatic N) is 4. The summed E-state index contributed by atoms with van der Waals surface area (Å²) in [5.41, 5.74) is 0.535. The van der Waals surface area contributed by atoms with Crippen LogP contribution in [-0.4, -0.2) is 31.6 Å². The second-order valence-corrected chi connectivity index (χ2v) is 10.3. The Balaban J connectivity index is 1.18. The molecule has 3 aromatic rings. The SMILES string of the molecule is O=C(CC1CCCCC1)Nc1ccn(CCCCc2nnc(C(=O)NCc3ncccc3F)s2)c(=O)c1. The fourth-order valence-electron chi connectivity index (χ4n) is 4.43. The first-order chi connectivity index (χ1) is 18.0. The molecule has 0 saturated heterocycles. The molecule has 0 spiro atoms. The van der Waals surface area contributed by atoms with Gasteiger partial charge >= 0.3 is 0 Å². The maximum Gasteiger partial charge on any atom is 0.282 e. The van der Waals surface area contributed by atoms with Crippen LogP contribution in [0.3, 0.4) is 0 Å². The summed E-state index contributed by atoms with van der Waals surface area (Å²) in [7, 11) is 0. The molecule has 9 nitrogen and oxygen atoms in total. The molecular weight excluding hydrogens is 495 g/mol. The zero-order chi connectivity index (χ0) is 26.0. The third kappa shape index (κ3) is 8.01. The Morgan fingerprint density at radius 3 is 2.76 bits per heavy atom. The fraction of sp³-hybridized carbons (Fsp3) is 0.462. The first-order valence-corrected chi connectivity index (χ1v) is 13.5. The predicted molar refractivity (Wildman–Crippen MR) is 139 cm³/mol. The normalized spacial score (nSPS) is 13.9. The standard InChI is InChI=1S/C26H31FN6O3S/c27-20-9-6-12-28-21(20)17-29-25(36)26-32-31-23(37-26)10-4-5-13-33-14-11-19(16-24(33)35)30-22(34)15-18-7-2-1-3-8-18/h6,9,11-12,14,16,18H,1-5,7-8,10,13,15,17H2,(H,29,36)(H,30,34). The third-order valence-electron chi connectivity index (χ3n) is 6.43. The maximum atomic E-state index is 13.6. The van der Waals surface area contributed by atoms with E-state index in [1.165, 1.54) is 55.0 Å². The van der Waals surface area contributed by atoms with Crippen LogP contribution in [0.5, 0.6) is 0 Å². The number of hydrogen-bond donors (Lipinski definition) is 2. The minimum atomic E-state index is -0.478. The summed E-state index contributed by atoms with van der Waals surface area (Å²) in [6, 6.07) is 6.00. The topological polar surface area (TPSA) is 119 Å². The molecule has 0 radical (unpaired) electrons. The smallest absolute Gasteiger partial charge is 0.282 e. The summed E-state index contributed by atoms with van der Waals surface area (Å²) in [6.45, 7) is 0.509. The molecule has 0 aliphatic heterocycles. The summed E-state index contributed by atoms with van der Waals surface area (Å²) in [4.78, 5) is 40.9. The average Bonchev–Trinajstić information content (AvgIpc) is 3.37. The molecule has 11 heteroatoms. The van der Waals surface area contributed by atoms with Gasteiger partial charge in [-0.25, -0.2) is 4.39 Å². The van der Waals surface area contributed by atoms with Crippen LogP contribution < -0.4 is 16.2 Å². The van der Waals surface area contributed by atoms with E-state index in [4.69, 9.17) is 0 Å². The van der Waals surface area contributed by atoms with Gasteiger partial charge < -0.3 is 15.2 Å². The molecule has 0 aromatic carbocycles. The monoisotopic (exact) mass is 526 g/mol. The number of pyridine rings is 2. The van der Waals surface area contributed by atoms with Crippen molar-refractivity contribution in [2.45, 2.75) is 70.9 Å². The van der Waals surface area contributed by atoms with Crippen molar-refractivity contribution in [3.05, 3.63) is 68.5 Å². The maximum absolute atomic E-state index is 13.6. The van der Waals surface area contributed by atoms with Crippen LogP contribution >= 0.6 is 11.3 Å². The lowest BCUT2D eigenvalue weighted by atomic mass is 9.87. The Morgan fingerprint density at radius 2 is 1.97 bits per heavy atom. The average molecular weight is 527 g/mol. The van der Waals surface area contributed by atoms with Crippen LogP contribution in [0.25, 0.3) is 0 Å². The molecule has 2 amide bonds. The number of halogens is 1. The van der Waals surface area contributed by atoms with E-state index in [-0.39, 0.29) is 28.7 Å². The second kappa shape index (κ2) is 13.2. The number of hydrogen-bond acceptors (Lipinski definition) is 7. The molecule has 196 valence electrons. The number of rotatable bonds is 11. The van der Waals surface area contributed by atoms with Crippen LogP contribution in [0, 0.1) is 11.7 Å². The van der Waals surface area contributed by atoms with Crippen molar-refractivity contribution >= 4 is 28.8 Å². The first kappa shape index (κ1) is 26.6. The molecule has 3 heterocycles. The largest absolute Gasteiger partial charge is 0.344 e. The molecule has 2 N–H and O–H groups in total. The Hall–Kier alpha value is -3.47. The molecule has 1 aliphatic rings. The molecule has 0 bridgehead atoms. The summed E-state index contributed by atoms with van der Waals surface area (Å²) in [6.07, 6.45) is 11.7. The van der Waals surface area contributed by atoms with Crippen LogP contribution in [-0.2, 0) is 24.3 Å². The van der Waals surface area contributed by atoms with Crippen molar-refractivity contribution in [2.24, 2.45) is 5.92 Å². The van der Waals surface area contributed by atoms with Gasteiger partial charge in [-0.15, -0.1) is 10.2 Å². The zero-order valence-electron chi connectivity index (χ0n) is 20.6. The van der Waals surface area contributed by atoms with Gasteiger partial charge in [0.25, 0.3) is 11.5 Å². The summed E-state index contributed by atoms with van der Waals surface area (Å²) in [5, 5.41) is 14.4. The number of unbranched alkanes of at least 4 members (excludes halogenated alkanes) is 1. The van der Waals surface area contributed by atoms with Gasteiger partial charge in [0.1, 0.15) is 10.8 Å². The van der Waals surface area contributed by atoms with Gasteiger partial charge in [0, 0.05) is 43.5 Å². The predicted octanol–water partition coefficient (Wildman–Crippen LogP) is 4.10. The highest BCUT2D eigenvalue weighted by Gasteiger charge is 2.17. The third-order valence-corrected chi connectivity index (χ3v) is 7.41. The minimum absolute atomic E-state index is 0.0296. The number of aryl methyl sites for hydroxylation is 2. The summed E-state index contributed by atoms with van der Waals surface area (Å²) >= 11 is 1.19. The van der Waals surface area contributed by atoms with Crippen LogP contribution in [0.1, 0.15) is 71.9 Å². The van der Waals surface area contributed by atoms with Crippen molar-refractivity contribution in [3.63, 3.8) is 0 Å². The van der Waals surface area contributed by atoms with Gasteiger partial charge in [0.15, 0.2) is 0 Å². The van der Waals surface area contributed by atoms with Crippen LogP contribution in [0.4, 0.5) is 10.1 Å². The van der Waals surface area contributed by atoms with E-state index >= 15 is 0 Å². The summed E-state index contributed by atoms with van der Waals surface area (Å²) < 4.78 is 15.3. The van der Waals surface area contributed by atoms with Crippen LogP contribution in [0.2, 0.25) is 0 Å². The fourth-order valence-corrected chi connectivity index (χ4v) is 5.23. The van der Waals surface area contributed by atoms with Gasteiger partial charge in [0.05, 0.1) is 12.2 Å². The summed E-state index contributed by atoms with van der Waals surface area (Å²) in [5.74, 6) is -0.484. The zero-order valence-corrected chi connectivity index (χ0v) is 21.4. The molecule has 1 aliphatic carbocycles. The molecular formula is C26H31FN6O3S. The van der Waals surface area contributed by atoms with Gasteiger partial charge in [-0.05, 0) is 49.8 Å². The first-order valence-electron chi connectivity index (χ1n) is 12.7. The van der Waals surface area contributed by atoms with E-state index in [2.05, 4.69) is 25.8 Å². The number of aromatic nitrogens is 4. The Morgan fingerprint density at radius 1 is 1.14 bits per heavy atom. The molecule has 1 fully saturated rings. The number of amides is 2. The molecule has 0 unspecified atom stereocenters.